The monoisotopic (exact) mass is 444 g/mol. The molecule has 166 valence electrons. The van der Waals surface area contributed by atoms with Gasteiger partial charge < -0.3 is 24.8 Å². The van der Waals surface area contributed by atoms with Crippen molar-refractivity contribution in [1.29, 1.82) is 0 Å². The Kier molecular flexibility index (Phi) is 5.40. The van der Waals surface area contributed by atoms with E-state index in [4.69, 9.17) is 14.2 Å². The van der Waals surface area contributed by atoms with Crippen LogP contribution in [-0.2, 0) is 16.1 Å². The van der Waals surface area contributed by atoms with Crippen molar-refractivity contribution in [3.05, 3.63) is 89.0 Å². The molecule has 5 rings (SSSR count). The van der Waals surface area contributed by atoms with E-state index in [1.54, 1.807) is 54.6 Å². The predicted molar refractivity (Wildman–Crippen MR) is 118 cm³/mol. The van der Waals surface area contributed by atoms with Crippen LogP contribution in [0.5, 0.6) is 11.5 Å². The van der Waals surface area contributed by atoms with Crippen molar-refractivity contribution < 1.29 is 28.6 Å². The number of esters is 1. The van der Waals surface area contributed by atoms with Crippen LogP contribution in [0, 0.1) is 0 Å². The van der Waals surface area contributed by atoms with Gasteiger partial charge in [0.1, 0.15) is 6.10 Å². The summed E-state index contributed by atoms with van der Waals surface area (Å²) < 4.78 is 16.0. The van der Waals surface area contributed by atoms with Gasteiger partial charge in [-0.05, 0) is 35.9 Å². The third-order valence-corrected chi connectivity index (χ3v) is 5.48. The second-order valence-corrected chi connectivity index (χ2v) is 7.65. The van der Waals surface area contributed by atoms with Gasteiger partial charge in [0, 0.05) is 12.1 Å². The summed E-state index contributed by atoms with van der Waals surface area (Å²) in [4.78, 5) is 37.5. The van der Waals surface area contributed by atoms with Gasteiger partial charge in [0.15, 0.2) is 11.5 Å². The number of fused-ring (bicyclic) bond motifs is 2. The lowest BCUT2D eigenvalue weighted by atomic mass is 10.0. The van der Waals surface area contributed by atoms with E-state index in [9.17, 15) is 14.4 Å². The molecule has 2 heterocycles. The van der Waals surface area contributed by atoms with Gasteiger partial charge in [-0.1, -0.05) is 36.4 Å². The summed E-state index contributed by atoms with van der Waals surface area (Å²) in [6.07, 6.45) is -0.698. The topological polar surface area (TPSA) is 103 Å². The maximum absolute atomic E-state index is 12.8. The average molecular weight is 444 g/mol. The lowest BCUT2D eigenvalue weighted by Gasteiger charge is -2.14. The minimum Gasteiger partial charge on any atom is -0.454 e. The molecule has 1 atom stereocenters. The Morgan fingerprint density at radius 3 is 2.64 bits per heavy atom. The Labute approximate surface area is 189 Å². The number of hydrogen-bond donors (Lipinski definition) is 2. The molecule has 0 aromatic heterocycles. The van der Waals surface area contributed by atoms with Crippen LogP contribution < -0.4 is 20.1 Å². The molecular weight excluding hydrogens is 424 g/mol. The van der Waals surface area contributed by atoms with Crippen molar-refractivity contribution in [3.8, 4) is 11.5 Å². The maximum Gasteiger partial charge on any atom is 0.339 e. The fourth-order valence-corrected chi connectivity index (χ4v) is 3.86. The molecule has 0 spiro atoms. The van der Waals surface area contributed by atoms with Crippen LogP contribution in [0.1, 0.15) is 44.4 Å². The Hall–Kier alpha value is -4.33. The number of hydrogen-bond acceptors (Lipinski definition) is 6. The van der Waals surface area contributed by atoms with E-state index in [-0.39, 0.29) is 31.6 Å². The number of carbonyl (C=O) groups excluding carboxylic acids is 3. The summed E-state index contributed by atoms with van der Waals surface area (Å²) in [5.74, 6) is 0.186. The van der Waals surface area contributed by atoms with Crippen LogP contribution in [0.15, 0.2) is 66.7 Å². The summed E-state index contributed by atoms with van der Waals surface area (Å²) in [5, 5.41) is 5.62. The smallest absolute Gasteiger partial charge is 0.339 e. The number of ether oxygens (including phenoxy) is 3. The van der Waals surface area contributed by atoms with Gasteiger partial charge in [0.2, 0.25) is 12.7 Å². The van der Waals surface area contributed by atoms with Crippen LogP contribution in [-0.4, -0.2) is 24.6 Å². The van der Waals surface area contributed by atoms with E-state index in [1.165, 1.54) is 0 Å². The third-order valence-electron chi connectivity index (χ3n) is 5.48. The number of carbonyl (C=O) groups is 3. The Balaban J connectivity index is 1.24. The summed E-state index contributed by atoms with van der Waals surface area (Å²) in [6, 6.07) is 19.2. The molecule has 3 aromatic rings. The standard InChI is InChI=1S/C25H20N2O6/c28-23(12-21-16-5-1-2-6-17(16)25(30)33-21)27-19-8-4-3-7-18(19)24(29)26-13-15-9-10-20-22(11-15)32-14-31-20/h1-11,21H,12-14H2,(H,26,29)(H,27,28)/t21-/m1/s1. The van der Waals surface area contributed by atoms with Gasteiger partial charge in [-0.25, -0.2) is 4.79 Å². The van der Waals surface area contributed by atoms with Crippen LogP contribution in [0.2, 0.25) is 0 Å². The number of para-hydroxylation sites is 1. The SMILES string of the molecule is O=C(C[C@H]1OC(=O)c2ccccc21)Nc1ccccc1C(=O)NCc1ccc2c(c1)OCO2. The number of rotatable bonds is 6. The van der Waals surface area contributed by atoms with E-state index in [2.05, 4.69) is 10.6 Å². The zero-order valence-corrected chi connectivity index (χ0v) is 17.5. The third kappa shape index (κ3) is 4.23. The molecule has 8 nitrogen and oxygen atoms in total. The van der Waals surface area contributed by atoms with Gasteiger partial charge in [-0.3, -0.25) is 9.59 Å². The molecule has 0 saturated carbocycles. The molecule has 2 amide bonds. The first kappa shape index (κ1) is 20.6. The fraction of sp³-hybridized carbons (Fsp3) is 0.160. The molecule has 2 aliphatic rings. The zero-order valence-electron chi connectivity index (χ0n) is 17.5. The quantitative estimate of drug-likeness (QED) is 0.564. The molecule has 2 aliphatic heterocycles. The molecule has 8 heteroatoms. The Morgan fingerprint density at radius 1 is 0.939 bits per heavy atom. The van der Waals surface area contributed by atoms with Gasteiger partial charge in [-0.2, -0.15) is 0 Å². The highest BCUT2D eigenvalue weighted by Crippen LogP contribution is 2.34. The van der Waals surface area contributed by atoms with E-state index in [0.717, 1.165) is 5.56 Å². The molecule has 0 fully saturated rings. The van der Waals surface area contributed by atoms with Crippen molar-refractivity contribution in [2.45, 2.75) is 19.1 Å². The van der Waals surface area contributed by atoms with Crippen molar-refractivity contribution >= 4 is 23.5 Å². The summed E-state index contributed by atoms with van der Waals surface area (Å²) >= 11 is 0. The largest absolute Gasteiger partial charge is 0.454 e. The lowest BCUT2D eigenvalue weighted by Crippen LogP contribution is -2.25. The molecule has 33 heavy (non-hydrogen) atoms. The Bertz CT molecular complexity index is 1260. The van der Waals surface area contributed by atoms with Gasteiger partial charge >= 0.3 is 5.97 Å². The second-order valence-electron chi connectivity index (χ2n) is 7.65. The minimum atomic E-state index is -0.652. The van der Waals surface area contributed by atoms with Crippen LogP contribution >= 0.6 is 0 Å². The molecule has 3 aromatic carbocycles. The molecule has 2 N–H and O–H groups in total. The highest BCUT2D eigenvalue weighted by atomic mass is 16.7. The molecule has 0 unspecified atom stereocenters. The normalized spacial score (nSPS) is 15.5. The molecule has 0 aliphatic carbocycles. The number of amides is 2. The summed E-state index contributed by atoms with van der Waals surface area (Å²) in [7, 11) is 0. The molecule has 0 saturated heterocycles. The lowest BCUT2D eigenvalue weighted by molar-refractivity contribution is -0.118. The Morgan fingerprint density at radius 2 is 1.73 bits per heavy atom. The number of benzene rings is 3. The van der Waals surface area contributed by atoms with Gasteiger partial charge in [-0.15, -0.1) is 0 Å². The summed E-state index contributed by atoms with van der Waals surface area (Å²) in [5.41, 5.74) is 2.72. The maximum atomic E-state index is 12.8. The van der Waals surface area contributed by atoms with Crippen LogP contribution in [0.25, 0.3) is 0 Å². The number of cyclic esters (lactones) is 1. The predicted octanol–water partition coefficient (Wildman–Crippen LogP) is 3.59. The van der Waals surface area contributed by atoms with E-state index >= 15 is 0 Å². The summed E-state index contributed by atoms with van der Waals surface area (Å²) in [6.45, 7) is 0.469. The second kappa shape index (κ2) is 8.66. The van der Waals surface area contributed by atoms with E-state index in [0.29, 0.717) is 33.9 Å². The first-order valence-corrected chi connectivity index (χ1v) is 10.4. The van der Waals surface area contributed by atoms with Crippen molar-refractivity contribution in [2.75, 3.05) is 12.1 Å². The highest BCUT2D eigenvalue weighted by molar-refractivity contribution is 6.04. The van der Waals surface area contributed by atoms with E-state index in [1.807, 2.05) is 12.1 Å². The number of nitrogens with one attached hydrogen (secondary N) is 2. The molecule has 0 radical (unpaired) electrons. The van der Waals surface area contributed by atoms with Crippen molar-refractivity contribution in [3.63, 3.8) is 0 Å². The molecule has 0 bridgehead atoms. The van der Waals surface area contributed by atoms with Crippen molar-refractivity contribution in [2.24, 2.45) is 0 Å². The van der Waals surface area contributed by atoms with Crippen molar-refractivity contribution in [1.82, 2.24) is 5.32 Å². The minimum absolute atomic E-state index is 0.0457. The van der Waals surface area contributed by atoms with Crippen LogP contribution in [0.4, 0.5) is 5.69 Å². The highest BCUT2D eigenvalue weighted by Gasteiger charge is 2.32. The first-order chi connectivity index (χ1) is 16.1. The average Bonchev–Trinajstić information content (AvgIpc) is 3.42. The zero-order chi connectivity index (χ0) is 22.8. The van der Waals surface area contributed by atoms with E-state index < -0.39 is 12.1 Å². The fourth-order valence-electron chi connectivity index (χ4n) is 3.86. The van der Waals surface area contributed by atoms with Gasteiger partial charge in [0.25, 0.3) is 5.91 Å². The number of anilines is 1. The van der Waals surface area contributed by atoms with Crippen LogP contribution in [0.3, 0.4) is 0 Å². The molecular formula is C25H20N2O6. The van der Waals surface area contributed by atoms with Gasteiger partial charge in [0.05, 0.1) is 23.2 Å². The first-order valence-electron chi connectivity index (χ1n) is 10.4.